The van der Waals surface area contributed by atoms with Crippen LogP contribution in [0.25, 0.3) is 6.08 Å². The maximum Gasteiger partial charge on any atom is 0.244 e. The van der Waals surface area contributed by atoms with Crippen molar-refractivity contribution in [2.75, 3.05) is 13.4 Å². The molecule has 1 N–H and O–H groups in total. The number of benzene rings is 2. The SMILES string of the molecule is CCCCOc1ccc(/C=C/C(=O)NCc2ccc3c(c2)OCO3)cc1. The molecule has 5 nitrogen and oxygen atoms in total. The fourth-order valence-electron chi connectivity index (χ4n) is 2.48. The molecule has 0 aromatic heterocycles. The molecule has 1 heterocycles. The van der Waals surface area contributed by atoms with Crippen LogP contribution in [0.2, 0.25) is 0 Å². The number of hydrogen-bond acceptors (Lipinski definition) is 4. The Kier molecular flexibility index (Phi) is 6.14. The third-order valence-corrected chi connectivity index (χ3v) is 3.98. The average molecular weight is 353 g/mol. The average Bonchev–Trinajstić information content (AvgIpc) is 3.14. The first-order chi connectivity index (χ1) is 12.7. The molecule has 0 spiro atoms. The lowest BCUT2D eigenvalue weighted by atomic mass is 10.2. The Balaban J connectivity index is 1.46. The van der Waals surface area contributed by atoms with Crippen LogP contribution in [0.5, 0.6) is 17.2 Å². The molecule has 2 aromatic rings. The van der Waals surface area contributed by atoms with Gasteiger partial charge < -0.3 is 19.5 Å². The molecule has 26 heavy (non-hydrogen) atoms. The van der Waals surface area contributed by atoms with Gasteiger partial charge >= 0.3 is 0 Å². The molecule has 2 aromatic carbocycles. The second-order valence-corrected chi connectivity index (χ2v) is 6.01. The Morgan fingerprint density at radius 2 is 1.96 bits per heavy atom. The molecule has 136 valence electrons. The minimum Gasteiger partial charge on any atom is -0.494 e. The zero-order valence-corrected chi connectivity index (χ0v) is 14.9. The molecule has 0 aliphatic carbocycles. The molecule has 1 aliphatic heterocycles. The number of hydrogen-bond donors (Lipinski definition) is 1. The molecule has 1 aliphatic rings. The topological polar surface area (TPSA) is 56.8 Å². The number of amides is 1. The first-order valence-electron chi connectivity index (χ1n) is 8.82. The second kappa shape index (κ2) is 8.94. The monoisotopic (exact) mass is 353 g/mol. The van der Waals surface area contributed by atoms with E-state index in [0.717, 1.165) is 42.1 Å². The Hall–Kier alpha value is -2.95. The third kappa shape index (κ3) is 5.02. The Morgan fingerprint density at radius 1 is 1.15 bits per heavy atom. The van der Waals surface area contributed by atoms with Crippen molar-refractivity contribution in [1.29, 1.82) is 0 Å². The maximum atomic E-state index is 12.0. The van der Waals surface area contributed by atoms with E-state index in [2.05, 4.69) is 12.2 Å². The predicted octanol–water partition coefficient (Wildman–Crippen LogP) is 3.92. The summed E-state index contributed by atoms with van der Waals surface area (Å²) < 4.78 is 16.2. The molecule has 5 heteroatoms. The predicted molar refractivity (Wildman–Crippen MR) is 100 cm³/mol. The molecule has 1 amide bonds. The van der Waals surface area contributed by atoms with Gasteiger partial charge in [0, 0.05) is 12.6 Å². The number of unbranched alkanes of at least 4 members (excludes halogenated alkanes) is 1. The van der Waals surface area contributed by atoms with Crippen molar-refractivity contribution in [2.24, 2.45) is 0 Å². The summed E-state index contributed by atoms with van der Waals surface area (Å²) in [4.78, 5) is 12.0. The molecule has 0 bridgehead atoms. The number of rotatable bonds is 8. The largest absolute Gasteiger partial charge is 0.494 e. The van der Waals surface area contributed by atoms with Gasteiger partial charge in [-0.1, -0.05) is 31.5 Å². The quantitative estimate of drug-likeness (QED) is 0.577. The van der Waals surface area contributed by atoms with Crippen LogP contribution < -0.4 is 19.5 Å². The number of carbonyl (C=O) groups excluding carboxylic acids is 1. The molecule has 0 saturated carbocycles. The van der Waals surface area contributed by atoms with Gasteiger partial charge in [0.05, 0.1) is 6.61 Å². The van der Waals surface area contributed by atoms with Crippen LogP contribution in [0.4, 0.5) is 0 Å². The molecule has 0 atom stereocenters. The summed E-state index contributed by atoms with van der Waals surface area (Å²) in [6, 6.07) is 13.3. The van der Waals surface area contributed by atoms with Gasteiger partial charge in [0.1, 0.15) is 5.75 Å². The fraction of sp³-hybridized carbons (Fsp3) is 0.286. The van der Waals surface area contributed by atoms with Crippen LogP contribution in [0.15, 0.2) is 48.5 Å². The van der Waals surface area contributed by atoms with Crippen LogP contribution in [-0.2, 0) is 11.3 Å². The summed E-state index contributed by atoms with van der Waals surface area (Å²) >= 11 is 0. The molecule has 3 rings (SSSR count). The molecule has 0 radical (unpaired) electrons. The number of ether oxygens (including phenoxy) is 3. The van der Waals surface area contributed by atoms with Gasteiger partial charge in [-0.15, -0.1) is 0 Å². The maximum absolute atomic E-state index is 12.0. The lowest BCUT2D eigenvalue weighted by Crippen LogP contribution is -2.20. The molecule has 0 saturated heterocycles. The number of carbonyl (C=O) groups is 1. The summed E-state index contributed by atoms with van der Waals surface area (Å²) in [5.74, 6) is 2.16. The van der Waals surface area contributed by atoms with Gasteiger partial charge in [0.25, 0.3) is 0 Å². The second-order valence-electron chi connectivity index (χ2n) is 6.01. The smallest absolute Gasteiger partial charge is 0.244 e. The standard InChI is InChI=1S/C21H23NO4/c1-2-3-12-24-18-8-4-16(5-9-18)7-11-21(23)22-14-17-6-10-19-20(13-17)26-15-25-19/h4-11,13H,2-3,12,14-15H2,1H3,(H,22,23)/b11-7+. The Labute approximate surface area is 153 Å². The van der Waals surface area contributed by atoms with Gasteiger partial charge in [0.2, 0.25) is 12.7 Å². The van der Waals surface area contributed by atoms with E-state index in [1.165, 1.54) is 6.08 Å². The number of nitrogens with one attached hydrogen (secondary N) is 1. The highest BCUT2D eigenvalue weighted by Crippen LogP contribution is 2.32. The van der Waals surface area contributed by atoms with Crippen molar-refractivity contribution in [1.82, 2.24) is 5.32 Å². The molecular formula is C21H23NO4. The zero-order valence-electron chi connectivity index (χ0n) is 14.9. The van der Waals surface area contributed by atoms with Gasteiger partial charge in [-0.3, -0.25) is 4.79 Å². The van der Waals surface area contributed by atoms with Crippen LogP contribution >= 0.6 is 0 Å². The van der Waals surface area contributed by atoms with Crippen molar-refractivity contribution in [3.63, 3.8) is 0 Å². The van der Waals surface area contributed by atoms with E-state index < -0.39 is 0 Å². The summed E-state index contributed by atoms with van der Waals surface area (Å²) in [5, 5.41) is 2.86. The molecule has 0 fully saturated rings. The highest BCUT2D eigenvalue weighted by Gasteiger charge is 2.13. The Morgan fingerprint density at radius 3 is 2.77 bits per heavy atom. The van der Waals surface area contributed by atoms with Gasteiger partial charge in [-0.05, 0) is 47.9 Å². The number of fused-ring (bicyclic) bond motifs is 1. The molecular weight excluding hydrogens is 330 g/mol. The van der Waals surface area contributed by atoms with Crippen LogP contribution in [0.1, 0.15) is 30.9 Å². The Bertz CT molecular complexity index is 768. The van der Waals surface area contributed by atoms with Crippen LogP contribution in [0, 0.1) is 0 Å². The summed E-state index contributed by atoms with van der Waals surface area (Å²) in [7, 11) is 0. The summed E-state index contributed by atoms with van der Waals surface area (Å²) in [6.45, 7) is 3.54. The fourth-order valence-corrected chi connectivity index (χ4v) is 2.48. The first kappa shape index (κ1) is 17.9. The van der Waals surface area contributed by atoms with Crippen molar-refractivity contribution in [2.45, 2.75) is 26.3 Å². The van der Waals surface area contributed by atoms with E-state index in [9.17, 15) is 4.79 Å². The minimum atomic E-state index is -0.147. The normalized spacial score (nSPS) is 12.3. The summed E-state index contributed by atoms with van der Waals surface area (Å²) in [6.07, 6.45) is 5.47. The molecule has 0 unspecified atom stereocenters. The van der Waals surface area contributed by atoms with Gasteiger partial charge in [0.15, 0.2) is 11.5 Å². The van der Waals surface area contributed by atoms with E-state index in [-0.39, 0.29) is 12.7 Å². The highest BCUT2D eigenvalue weighted by atomic mass is 16.7. The van der Waals surface area contributed by atoms with E-state index in [0.29, 0.717) is 12.3 Å². The zero-order chi connectivity index (χ0) is 18.2. The first-order valence-corrected chi connectivity index (χ1v) is 8.82. The minimum absolute atomic E-state index is 0.147. The third-order valence-electron chi connectivity index (χ3n) is 3.98. The lowest BCUT2D eigenvalue weighted by molar-refractivity contribution is -0.116. The van der Waals surface area contributed by atoms with Crippen molar-refractivity contribution in [3.05, 3.63) is 59.7 Å². The summed E-state index contributed by atoms with van der Waals surface area (Å²) in [5.41, 5.74) is 1.91. The van der Waals surface area contributed by atoms with E-state index in [1.54, 1.807) is 6.08 Å². The van der Waals surface area contributed by atoms with Crippen molar-refractivity contribution >= 4 is 12.0 Å². The van der Waals surface area contributed by atoms with Crippen LogP contribution in [-0.4, -0.2) is 19.3 Å². The van der Waals surface area contributed by atoms with E-state index in [4.69, 9.17) is 14.2 Å². The van der Waals surface area contributed by atoms with E-state index >= 15 is 0 Å². The van der Waals surface area contributed by atoms with Gasteiger partial charge in [-0.25, -0.2) is 0 Å². The highest BCUT2D eigenvalue weighted by molar-refractivity contribution is 5.91. The van der Waals surface area contributed by atoms with Gasteiger partial charge in [-0.2, -0.15) is 0 Å². The van der Waals surface area contributed by atoms with Crippen LogP contribution in [0.3, 0.4) is 0 Å². The lowest BCUT2D eigenvalue weighted by Gasteiger charge is -2.05. The van der Waals surface area contributed by atoms with E-state index in [1.807, 2.05) is 42.5 Å². The van der Waals surface area contributed by atoms with Crippen molar-refractivity contribution in [3.8, 4) is 17.2 Å². The van der Waals surface area contributed by atoms with Crippen molar-refractivity contribution < 1.29 is 19.0 Å².